The Kier molecular flexibility index (Phi) is 6.18. The molecular formula is C13H19Cl2N. The first-order valence-corrected chi connectivity index (χ1v) is 6.53. The first kappa shape index (κ1) is 13.8. The standard InChI is InChI=1S/C13H19Cl2N/c1-10(2)16-9-4-3-6-11-12(14)7-5-8-13(11)15/h5,7-8,10,16H,3-4,6,9H2,1-2H3. The summed E-state index contributed by atoms with van der Waals surface area (Å²) in [6, 6.07) is 6.24. The normalized spacial score (nSPS) is 11.1. The Labute approximate surface area is 108 Å². The topological polar surface area (TPSA) is 12.0 Å². The molecule has 1 N–H and O–H groups in total. The van der Waals surface area contributed by atoms with Crippen molar-refractivity contribution in [3.05, 3.63) is 33.8 Å². The number of benzene rings is 1. The number of hydrogen-bond acceptors (Lipinski definition) is 1. The van der Waals surface area contributed by atoms with Gasteiger partial charge in [0.2, 0.25) is 0 Å². The number of nitrogens with one attached hydrogen (secondary N) is 1. The average Bonchev–Trinajstić information content (AvgIpc) is 2.21. The van der Waals surface area contributed by atoms with Crippen molar-refractivity contribution in [2.75, 3.05) is 6.54 Å². The van der Waals surface area contributed by atoms with Crippen LogP contribution in [0.2, 0.25) is 10.0 Å². The lowest BCUT2D eigenvalue weighted by atomic mass is 10.1. The van der Waals surface area contributed by atoms with Gasteiger partial charge in [0.05, 0.1) is 0 Å². The van der Waals surface area contributed by atoms with Crippen LogP contribution >= 0.6 is 23.2 Å². The summed E-state index contributed by atoms with van der Waals surface area (Å²) in [5.41, 5.74) is 1.08. The zero-order valence-corrected chi connectivity index (χ0v) is 11.4. The van der Waals surface area contributed by atoms with E-state index < -0.39 is 0 Å². The van der Waals surface area contributed by atoms with Crippen LogP contribution in [-0.4, -0.2) is 12.6 Å². The summed E-state index contributed by atoms with van der Waals surface area (Å²) in [7, 11) is 0. The number of halogens is 2. The van der Waals surface area contributed by atoms with Gasteiger partial charge in [-0.15, -0.1) is 0 Å². The lowest BCUT2D eigenvalue weighted by Gasteiger charge is -2.09. The molecule has 0 aliphatic carbocycles. The lowest BCUT2D eigenvalue weighted by Crippen LogP contribution is -2.23. The lowest BCUT2D eigenvalue weighted by molar-refractivity contribution is 0.557. The molecule has 1 aromatic carbocycles. The van der Waals surface area contributed by atoms with Crippen molar-refractivity contribution < 1.29 is 0 Å². The molecule has 0 unspecified atom stereocenters. The first-order chi connectivity index (χ1) is 7.61. The minimum absolute atomic E-state index is 0.559. The quantitative estimate of drug-likeness (QED) is 0.751. The van der Waals surface area contributed by atoms with Crippen LogP contribution < -0.4 is 5.32 Å². The van der Waals surface area contributed by atoms with Crippen LogP contribution in [0.25, 0.3) is 0 Å². The third-order valence-electron chi connectivity index (χ3n) is 2.47. The molecule has 0 fully saturated rings. The van der Waals surface area contributed by atoms with Crippen LogP contribution in [0, 0.1) is 0 Å². The molecule has 0 bridgehead atoms. The largest absolute Gasteiger partial charge is 0.315 e. The molecule has 0 saturated heterocycles. The van der Waals surface area contributed by atoms with Gasteiger partial charge in [-0.2, -0.15) is 0 Å². The van der Waals surface area contributed by atoms with E-state index >= 15 is 0 Å². The van der Waals surface area contributed by atoms with Crippen LogP contribution in [-0.2, 0) is 6.42 Å². The second-order valence-corrected chi connectivity index (χ2v) is 5.08. The van der Waals surface area contributed by atoms with Crippen LogP contribution in [0.5, 0.6) is 0 Å². The summed E-state index contributed by atoms with van der Waals surface area (Å²) in [6.45, 7) is 5.37. The van der Waals surface area contributed by atoms with Crippen molar-refractivity contribution >= 4 is 23.2 Å². The molecule has 0 aliphatic heterocycles. The molecule has 0 amide bonds. The van der Waals surface area contributed by atoms with Gasteiger partial charge < -0.3 is 5.32 Å². The SMILES string of the molecule is CC(C)NCCCCc1c(Cl)cccc1Cl. The van der Waals surface area contributed by atoms with Gasteiger partial charge >= 0.3 is 0 Å². The highest BCUT2D eigenvalue weighted by molar-refractivity contribution is 6.35. The van der Waals surface area contributed by atoms with Crippen LogP contribution in [0.1, 0.15) is 32.3 Å². The van der Waals surface area contributed by atoms with E-state index in [0.29, 0.717) is 6.04 Å². The van der Waals surface area contributed by atoms with E-state index in [2.05, 4.69) is 19.2 Å². The molecule has 1 nitrogen and oxygen atoms in total. The minimum atomic E-state index is 0.559. The van der Waals surface area contributed by atoms with Gasteiger partial charge in [0.15, 0.2) is 0 Å². The van der Waals surface area contributed by atoms with Crippen LogP contribution in [0.15, 0.2) is 18.2 Å². The highest BCUT2D eigenvalue weighted by Gasteiger charge is 2.04. The zero-order valence-electron chi connectivity index (χ0n) is 9.89. The molecule has 0 radical (unpaired) electrons. The maximum Gasteiger partial charge on any atom is 0.0452 e. The molecule has 16 heavy (non-hydrogen) atoms. The van der Waals surface area contributed by atoms with Gasteiger partial charge in [-0.05, 0) is 43.5 Å². The summed E-state index contributed by atoms with van der Waals surface area (Å²) in [5.74, 6) is 0. The average molecular weight is 260 g/mol. The monoisotopic (exact) mass is 259 g/mol. The summed E-state index contributed by atoms with van der Waals surface area (Å²) in [6.07, 6.45) is 3.22. The van der Waals surface area contributed by atoms with E-state index in [1.54, 1.807) is 0 Å². The summed E-state index contributed by atoms with van der Waals surface area (Å²) in [4.78, 5) is 0. The molecule has 0 atom stereocenters. The van der Waals surface area contributed by atoms with E-state index in [-0.39, 0.29) is 0 Å². The van der Waals surface area contributed by atoms with Gasteiger partial charge in [0, 0.05) is 16.1 Å². The Balaban J connectivity index is 2.32. The summed E-state index contributed by atoms with van der Waals surface area (Å²) in [5, 5.41) is 4.96. The van der Waals surface area contributed by atoms with Crippen molar-refractivity contribution in [1.29, 1.82) is 0 Å². The predicted molar refractivity (Wildman–Crippen MR) is 72.5 cm³/mol. The summed E-state index contributed by atoms with van der Waals surface area (Å²) < 4.78 is 0. The van der Waals surface area contributed by atoms with Gasteiger partial charge in [-0.1, -0.05) is 43.1 Å². The molecule has 0 saturated carbocycles. The van der Waals surface area contributed by atoms with E-state index in [1.807, 2.05) is 18.2 Å². The van der Waals surface area contributed by atoms with Gasteiger partial charge in [0.1, 0.15) is 0 Å². The molecule has 1 rings (SSSR count). The molecule has 90 valence electrons. The highest BCUT2D eigenvalue weighted by Crippen LogP contribution is 2.25. The second-order valence-electron chi connectivity index (χ2n) is 4.27. The maximum atomic E-state index is 6.09. The van der Waals surface area contributed by atoms with Crippen molar-refractivity contribution in [3.8, 4) is 0 Å². The smallest absolute Gasteiger partial charge is 0.0452 e. The number of rotatable bonds is 6. The molecule has 3 heteroatoms. The molecule has 0 spiro atoms. The Morgan fingerprint density at radius 3 is 2.31 bits per heavy atom. The zero-order chi connectivity index (χ0) is 12.0. The van der Waals surface area contributed by atoms with Gasteiger partial charge in [0.25, 0.3) is 0 Å². The van der Waals surface area contributed by atoms with Crippen molar-refractivity contribution in [3.63, 3.8) is 0 Å². The van der Waals surface area contributed by atoms with Crippen LogP contribution in [0.3, 0.4) is 0 Å². The highest BCUT2D eigenvalue weighted by atomic mass is 35.5. The van der Waals surface area contributed by atoms with Crippen LogP contribution in [0.4, 0.5) is 0 Å². The fourth-order valence-electron chi connectivity index (χ4n) is 1.59. The van der Waals surface area contributed by atoms with E-state index in [0.717, 1.165) is 41.4 Å². The van der Waals surface area contributed by atoms with E-state index in [9.17, 15) is 0 Å². The van der Waals surface area contributed by atoms with Crippen molar-refractivity contribution in [2.45, 2.75) is 39.2 Å². The third kappa shape index (κ3) is 4.73. The molecule has 1 aromatic rings. The van der Waals surface area contributed by atoms with Gasteiger partial charge in [-0.25, -0.2) is 0 Å². The Hall–Kier alpha value is -0.240. The molecule has 0 aromatic heterocycles. The Morgan fingerprint density at radius 1 is 1.12 bits per heavy atom. The second kappa shape index (κ2) is 7.16. The first-order valence-electron chi connectivity index (χ1n) is 5.77. The fraction of sp³-hybridized carbons (Fsp3) is 0.538. The Bertz CT molecular complexity index is 303. The van der Waals surface area contributed by atoms with E-state index in [4.69, 9.17) is 23.2 Å². The number of hydrogen-bond donors (Lipinski definition) is 1. The van der Waals surface area contributed by atoms with Gasteiger partial charge in [-0.3, -0.25) is 0 Å². The molecule has 0 heterocycles. The number of unbranched alkanes of at least 4 members (excludes halogenated alkanes) is 1. The maximum absolute atomic E-state index is 6.09. The molecule has 0 aliphatic rings. The molecular weight excluding hydrogens is 241 g/mol. The Morgan fingerprint density at radius 2 is 1.75 bits per heavy atom. The predicted octanol–water partition coefficient (Wildman–Crippen LogP) is 4.31. The fourth-order valence-corrected chi connectivity index (χ4v) is 2.18. The van der Waals surface area contributed by atoms with E-state index in [1.165, 1.54) is 0 Å². The summed E-state index contributed by atoms with van der Waals surface area (Å²) >= 11 is 12.2. The van der Waals surface area contributed by atoms with Crippen molar-refractivity contribution in [1.82, 2.24) is 5.32 Å². The van der Waals surface area contributed by atoms with Crippen molar-refractivity contribution in [2.24, 2.45) is 0 Å². The third-order valence-corrected chi connectivity index (χ3v) is 3.18. The minimum Gasteiger partial charge on any atom is -0.315 e.